The Morgan fingerprint density at radius 1 is 1.25 bits per heavy atom. The van der Waals surface area contributed by atoms with Crippen LogP contribution in [0.5, 0.6) is 0 Å². The third kappa shape index (κ3) is 3.55. The van der Waals surface area contributed by atoms with Gasteiger partial charge in [-0.05, 0) is 24.7 Å². The third-order valence-corrected chi connectivity index (χ3v) is 2.58. The molecule has 0 radical (unpaired) electrons. The molecule has 0 aromatic carbocycles. The lowest BCUT2D eigenvalue weighted by molar-refractivity contribution is -0.00859. The maximum atomic E-state index is 10.0. The van der Waals surface area contributed by atoms with E-state index in [-0.39, 0.29) is 5.92 Å². The minimum atomic E-state index is -0.649. The molecular formula is C10H23NO. The molecule has 3 N–H and O–H groups in total. The lowest BCUT2D eigenvalue weighted by atomic mass is 9.84. The smallest absolute Gasteiger partial charge is 0.0792 e. The van der Waals surface area contributed by atoms with Crippen molar-refractivity contribution in [1.82, 2.24) is 0 Å². The monoisotopic (exact) mass is 173 g/mol. The van der Waals surface area contributed by atoms with Crippen LogP contribution >= 0.6 is 0 Å². The lowest BCUT2D eigenvalue weighted by Gasteiger charge is -2.31. The summed E-state index contributed by atoms with van der Waals surface area (Å²) in [6.07, 6.45) is 1.87. The van der Waals surface area contributed by atoms with Gasteiger partial charge in [-0.15, -0.1) is 0 Å². The molecule has 0 fully saturated rings. The Morgan fingerprint density at radius 3 is 2.00 bits per heavy atom. The van der Waals surface area contributed by atoms with E-state index in [0.717, 1.165) is 12.8 Å². The van der Waals surface area contributed by atoms with Crippen molar-refractivity contribution in [3.05, 3.63) is 0 Å². The molecule has 0 aromatic heterocycles. The van der Waals surface area contributed by atoms with Crippen LogP contribution in [-0.4, -0.2) is 17.3 Å². The van der Waals surface area contributed by atoms with Crippen molar-refractivity contribution in [3.8, 4) is 0 Å². The normalized spacial score (nSPS) is 17.0. The van der Waals surface area contributed by atoms with E-state index in [1.165, 1.54) is 0 Å². The first kappa shape index (κ1) is 11.9. The molecule has 0 aliphatic carbocycles. The Balaban J connectivity index is 3.97. The predicted octanol–water partition coefficient (Wildman–Crippen LogP) is 1.77. The summed E-state index contributed by atoms with van der Waals surface area (Å²) in [6.45, 7) is 8.74. The fourth-order valence-electron chi connectivity index (χ4n) is 1.17. The van der Waals surface area contributed by atoms with Gasteiger partial charge in [0.05, 0.1) is 5.60 Å². The molecule has 74 valence electrons. The van der Waals surface area contributed by atoms with Crippen LogP contribution in [0.4, 0.5) is 0 Å². The molecular weight excluding hydrogens is 150 g/mol. The second-order valence-corrected chi connectivity index (χ2v) is 4.39. The molecule has 12 heavy (non-hydrogen) atoms. The summed E-state index contributed by atoms with van der Waals surface area (Å²) in [4.78, 5) is 0. The first-order valence-corrected chi connectivity index (χ1v) is 4.85. The third-order valence-electron chi connectivity index (χ3n) is 2.58. The highest BCUT2D eigenvalue weighted by atomic mass is 16.3. The van der Waals surface area contributed by atoms with Gasteiger partial charge in [-0.2, -0.15) is 0 Å². The zero-order valence-electron chi connectivity index (χ0n) is 8.80. The van der Waals surface area contributed by atoms with E-state index < -0.39 is 5.60 Å². The van der Waals surface area contributed by atoms with E-state index in [4.69, 9.17) is 5.73 Å². The Kier molecular flexibility index (Phi) is 4.80. The molecule has 0 heterocycles. The average Bonchev–Trinajstić information content (AvgIpc) is 1.99. The van der Waals surface area contributed by atoms with Crippen molar-refractivity contribution in [2.45, 2.75) is 46.1 Å². The predicted molar refractivity (Wildman–Crippen MR) is 52.9 cm³/mol. The summed E-state index contributed by atoms with van der Waals surface area (Å²) >= 11 is 0. The Morgan fingerprint density at radius 2 is 1.75 bits per heavy atom. The molecule has 0 aromatic rings. The Hall–Kier alpha value is -0.0800. The van der Waals surface area contributed by atoms with E-state index in [1.807, 2.05) is 13.8 Å². The van der Waals surface area contributed by atoms with Crippen LogP contribution in [0.3, 0.4) is 0 Å². The molecule has 2 heteroatoms. The summed E-state index contributed by atoms with van der Waals surface area (Å²) in [5, 5.41) is 10.0. The van der Waals surface area contributed by atoms with E-state index in [0.29, 0.717) is 12.5 Å². The van der Waals surface area contributed by atoms with Gasteiger partial charge in [0.15, 0.2) is 0 Å². The molecule has 0 saturated heterocycles. The summed E-state index contributed by atoms with van der Waals surface area (Å²) in [5.41, 5.74) is 4.90. The summed E-state index contributed by atoms with van der Waals surface area (Å²) in [6, 6.07) is 0. The van der Waals surface area contributed by atoms with Crippen LogP contribution in [0.1, 0.15) is 40.5 Å². The van der Waals surface area contributed by atoms with Crippen molar-refractivity contribution in [1.29, 1.82) is 0 Å². The molecule has 0 bridgehead atoms. The highest BCUT2D eigenvalue weighted by Gasteiger charge is 2.28. The molecule has 0 saturated carbocycles. The molecule has 0 aliphatic rings. The van der Waals surface area contributed by atoms with Crippen molar-refractivity contribution in [2.75, 3.05) is 6.54 Å². The standard InChI is InChI=1S/C10H23NO/c1-8(2)5-6-10(12,7-11)9(3)4/h8-9,12H,5-7,11H2,1-4H3. The fraction of sp³-hybridized carbons (Fsp3) is 1.00. The van der Waals surface area contributed by atoms with Crippen LogP contribution in [0.15, 0.2) is 0 Å². The first-order chi connectivity index (χ1) is 5.42. The molecule has 0 rings (SSSR count). The van der Waals surface area contributed by atoms with E-state index in [1.54, 1.807) is 0 Å². The maximum Gasteiger partial charge on any atom is 0.0792 e. The molecule has 1 atom stereocenters. The minimum Gasteiger partial charge on any atom is -0.388 e. The summed E-state index contributed by atoms with van der Waals surface area (Å²) in [5.74, 6) is 0.892. The van der Waals surface area contributed by atoms with Crippen LogP contribution in [0, 0.1) is 11.8 Å². The van der Waals surface area contributed by atoms with Gasteiger partial charge < -0.3 is 10.8 Å². The van der Waals surface area contributed by atoms with E-state index in [9.17, 15) is 5.11 Å². The van der Waals surface area contributed by atoms with Crippen molar-refractivity contribution in [3.63, 3.8) is 0 Å². The second kappa shape index (κ2) is 4.83. The zero-order chi connectivity index (χ0) is 9.78. The lowest BCUT2D eigenvalue weighted by Crippen LogP contribution is -2.43. The number of rotatable bonds is 5. The highest BCUT2D eigenvalue weighted by Crippen LogP contribution is 2.23. The number of hydrogen-bond acceptors (Lipinski definition) is 2. The van der Waals surface area contributed by atoms with Gasteiger partial charge >= 0.3 is 0 Å². The highest BCUT2D eigenvalue weighted by molar-refractivity contribution is 4.82. The van der Waals surface area contributed by atoms with Gasteiger partial charge in [-0.3, -0.25) is 0 Å². The average molecular weight is 173 g/mol. The topological polar surface area (TPSA) is 46.2 Å². The van der Waals surface area contributed by atoms with Crippen molar-refractivity contribution >= 4 is 0 Å². The molecule has 2 nitrogen and oxygen atoms in total. The first-order valence-electron chi connectivity index (χ1n) is 4.85. The number of aliphatic hydroxyl groups is 1. The van der Waals surface area contributed by atoms with Crippen LogP contribution in [0.2, 0.25) is 0 Å². The summed E-state index contributed by atoms with van der Waals surface area (Å²) in [7, 11) is 0. The second-order valence-electron chi connectivity index (χ2n) is 4.39. The number of nitrogens with two attached hydrogens (primary N) is 1. The van der Waals surface area contributed by atoms with Gasteiger partial charge in [0, 0.05) is 6.54 Å². The zero-order valence-corrected chi connectivity index (χ0v) is 8.80. The van der Waals surface area contributed by atoms with Crippen LogP contribution in [-0.2, 0) is 0 Å². The Labute approximate surface area is 76.2 Å². The van der Waals surface area contributed by atoms with Crippen molar-refractivity contribution < 1.29 is 5.11 Å². The molecule has 0 amide bonds. The minimum absolute atomic E-state index is 0.251. The van der Waals surface area contributed by atoms with E-state index in [2.05, 4.69) is 13.8 Å². The SMILES string of the molecule is CC(C)CCC(O)(CN)C(C)C. The molecule has 1 unspecified atom stereocenters. The number of hydrogen-bond donors (Lipinski definition) is 2. The Bertz CT molecular complexity index is 123. The summed E-state index contributed by atoms with van der Waals surface area (Å²) < 4.78 is 0. The largest absolute Gasteiger partial charge is 0.388 e. The van der Waals surface area contributed by atoms with E-state index >= 15 is 0 Å². The van der Waals surface area contributed by atoms with Crippen LogP contribution in [0.25, 0.3) is 0 Å². The van der Waals surface area contributed by atoms with Gasteiger partial charge in [0.25, 0.3) is 0 Å². The van der Waals surface area contributed by atoms with Gasteiger partial charge in [0.2, 0.25) is 0 Å². The quantitative estimate of drug-likeness (QED) is 0.665. The molecule has 0 spiro atoms. The van der Waals surface area contributed by atoms with Crippen molar-refractivity contribution in [2.24, 2.45) is 17.6 Å². The molecule has 0 aliphatic heterocycles. The van der Waals surface area contributed by atoms with Crippen LogP contribution < -0.4 is 5.73 Å². The fourth-order valence-corrected chi connectivity index (χ4v) is 1.17. The van der Waals surface area contributed by atoms with Gasteiger partial charge in [-0.25, -0.2) is 0 Å². The van der Waals surface area contributed by atoms with Gasteiger partial charge in [-0.1, -0.05) is 27.7 Å². The van der Waals surface area contributed by atoms with Gasteiger partial charge in [0.1, 0.15) is 0 Å². The maximum absolute atomic E-state index is 10.0.